The molecule has 0 spiro atoms. The Balaban J connectivity index is 2.14. The lowest BCUT2D eigenvalue weighted by Crippen LogP contribution is -2.44. The zero-order chi connectivity index (χ0) is 15.5. The van der Waals surface area contributed by atoms with E-state index in [0.717, 1.165) is 37.2 Å². The van der Waals surface area contributed by atoms with Crippen molar-refractivity contribution >= 4 is 16.0 Å². The van der Waals surface area contributed by atoms with E-state index in [0.29, 0.717) is 13.0 Å². The van der Waals surface area contributed by atoms with Crippen molar-refractivity contribution in [2.75, 3.05) is 37.6 Å². The summed E-state index contributed by atoms with van der Waals surface area (Å²) in [5.74, 6) is -0.374. The summed E-state index contributed by atoms with van der Waals surface area (Å²) >= 11 is 0. The molecule has 1 fully saturated rings. The zero-order valence-electron chi connectivity index (χ0n) is 11.2. The number of aromatic nitrogens is 2. The lowest BCUT2D eigenvalue weighted by molar-refractivity contribution is -0.390. The van der Waals surface area contributed by atoms with Gasteiger partial charge in [0, 0.05) is 39.1 Å². The highest BCUT2D eigenvalue weighted by Gasteiger charge is 2.24. The molecule has 11 nitrogen and oxygen atoms in total. The van der Waals surface area contributed by atoms with Crippen LogP contribution in [0.1, 0.15) is 5.69 Å². The quantitative estimate of drug-likeness (QED) is 0.405. The van der Waals surface area contributed by atoms with Crippen LogP contribution in [0.25, 0.3) is 0 Å². The first kappa shape index (κ1) is 15.6. The van der Waals surface area contributed by atoms with Crippen molar-refractivity contribution in [2.24, 2.45) is 5.14 Å². The summed E-state index contributed by atoms with van der Waals surface area (Å²) < 4.78 is 23.1. The second-order valence-corrected chi connectivity index (χ2v) is 5.89. The summed E-state index contributed by atoms with van der Waals surface area (Å²) in [7, 11) is -4.03. The number of hydrogen-bond donors (Lipinski definition) is 3. The molecule has 1 aromatic heterocycles. The van der Waals surface area contributed by atoms with Crippen LogP contribution in [0.5, 0.6) is 0 Å². The first-order chi connectivity index (χ1) is 9.87. The van der Waals surface area contributed by atoms with E-state index < -0.39 is 15.1 Å². The van der Waals surface area contributed by atoms with Crippen molar-refractivity contribution in [3.8, 4) is 0 Å². The smallest absolute Gasteiger partial charge is 0.358 e. The molecule has 1 aromatic rings. The molecule has 118 valence electrons. The van der Waals surface area contributed by atoms with Gasteiger partial charge in [-0.25, -0.2) is 14.6 Å². The number of rotatable bonds is 6. The zero-order valence-corrected chi connectivity index (χ0v) is 12.0. The molecule has 21 heavy (non-hydrogen) atoms. The molecule has 4 N–H and O–H groups in total. The second-order valence-electron chi connectivity index (χ2n) is 4.62. The normalized spacial score (nSPS) is 16.8. The number of piperazine rings is 1. The molecule has 12 heteroatoms. The van der Waals surface area contributed by atoms with Gasteiger partial charge in [-0.05, 0) is 9.91 Å². The number of nitrogens with two attached hydrogens (primary N) is 1. The Bertz CT molecular complexity index is 608. The van der Waals surface area contributed by atoms with E-state index in [1.165, 1.54) is 0 Å². The fourth-order valence-electron chi connectivity index (χ4n) is 2.16. The van der Waals surface area contributed by atoms with Gasteiger partial charge in [0.25, 0.3) is 0 Å². The largest absolute Gasteiger partial charge is 0.386 e. The molecule has 2 rings (SSSR count). The molecular weight excluding hydrogens is 302 g/mol. The second kappa shape index (κ2) is 6.34. The first-order valence-corrected chi connectivity index (χ1v) is 7.85. The van der Waals surface area contributed by atoms with Gasteiger partial charge in [-0.2, -0.15) is 8.42 Å². The molecule has 1 aliphatic heterocycles. The van der Waals surface area contributed by atoms with Gasteiger partial charge < -0.3 is 20.3 Å². The maximum atomic E-state index is 11.1. The summed E-state index contributed by atoms with van der Waals surface area (Å²) in [5, 5.41) is 19.0. The molecule has 0 saturated carbocycles. The van der Waals surface area contributed by atoms with E-state index in [4.69, 9.17) is 5.14 Å². The molecular formula is C9H17N7O4S. The van der Waals surface area contributed by atoms with Crippen LogP contribution in [0, 0.1) is 10.1 Å². The number of imidazole rings is 1. The molecule has 0 bridgehead atoms. The highest BCUT2D eigenvalue weighted by atomic mass is 32.2. The fourth-order valence-corrected chi connectivity index (χ4v) is 2.60. The minimum absolute atomic E-state index is 0.174. The van der Waals surface area contributed by atoms with Crippen LogP contribution in [-0.2, 0) is 16.6 Å². The molecule has 0 unspecified atom stereocenters. The maximum absolute atomic E-state index is 11.1. The SMILES string of the molecule is NS(=O)(=O)Nn1cnc([N+](=O)[O-])c1CCN1CCNCC1. The summed E-state index contributed by atoms with van der Waals surface area (Å²) in [5.41, 5.74) is 0.174. The Morgan fingerprint density at radius 2 is 2.14 bits per heavy atom. The minimum atomic E-state index is -4.03. The monoisotopic (exact) mass is 319 g/mol. The Kier molecular flexibility index (Phi) is 4.72. The lowest BCUT2D eigenvalue weighted by Gasteiger charge is -2.26. The van der Waals surface area contributed by atoms with Crippen LogP contribution >= 0.6 is 0 Å². The van der Waals surface area contributed by atoms with Gasteiger partial charge in [0.15, 0.2) is 0 Å². The maximum Gasteiger partial charge on any atom is 0.386 e. The van der Waals surface area contributed by atoms with Crippen molar-refractivity contribution in [1.29, 1.82) is 0 Å². The predicted molar refractivity (Wildman–Crippen MR) is 74.4 cm³/mol. The third-order valence-electron chi connectivity index (χ3n) is 3.12. The molecule has 0 radical (unpaired) electrons. The topological polar surface area (TPSA) is 148 Å². The number of nitro groups is 1. The molecule has 1 saturated heterocycles. The van der Waals surface area contributed by atoms with Gasteiger partial charge in [0.05, 0.1) is 0 Å². The Labute approximate surface area is 121 Å². The first-order valence-electron chi connectivity index (χ1n) is 6.31. The average molecular weight is 319 g/mol. The summed E-state index contributed by atoms with van der Waals surface area (Å²) in [6.45, 7) is 3.96. The third kappa shape index (κ3) is 4.35. The van der Waals surface area contributed by atoms with Crippen LogP contribution in [0.4, 0.5) is 5.82 Å². The van der Waals surface area contributed by atoms with E-state index in [2.05, 4.69) is 15.2 Å². The van der Waals surface area contributed by atoms with Crippen LogP contribution in [-0.4, -0.2) is 60.6 Å². The van der Waals surface area contributed by atoms with Gasteiger partial charge >= 0.3 is 16.0 Å². The van der Waals surface area contributed by atoms with Crippen LogP contribution in [0.2, 0.25) is 0 Å². The van der Waals surface area contributed by atoms with Crippen molar-refractivity contribution in [3.63, 3.8) is 0 Å². The summed E-state index contributed by atoms with van der Waals surface area (Å²) in [4.78, 5) is 18.0. The van der Waals surface area contributed by atoms with E-state index in [1.807, 2.05) is 4.83 Å². The van der Waals surface area contributed by atoms with Gasteiger partial charge in [0.1, 0.15) is 5.69 Å². The number of nitrogens with one attached hydrogen (secondary N) is 2. The third-order valence-corrected chi connectivity index (χ3v) is 3.57. The molecule has 0 atom stereocenters. The van der Waals surface area contributed by atoms with E-state index >= 15 is 0 Å². The highest BCUT2D eigenvalue weighted by molar-refractivity contribution is 7.90. The van der Waals surface area contributed by atoms with Gasteiger partial charge in [-0.1, -0.05) is 0 Å². The van der Waals surface area contributed by atoms with Gasteiger partial charge in [-0.15, -0.1) is 0 Å². The lowest BCUT2D eigenvalue weighted by atomic mass is 10.2. The summed E-state index contributed by atoms with van der Waals surface area (Å²) in [6, 6.07) is 0. The molecule has 0 aliphatic carbocycles. The predicted octanol–water partition coefficient (Wildman–Crippen LogP) is -2.01. The van der Waals surface area contributed by atoms with Crippen LogP contribution in [0.3, 0.4) is 0 Å². The molecule has 0 amide bonds. The minimum Gasteiger partial charge on any atom is -0.358 e. The van der Waals surface area contributed by atoms with Crippen molar-refractivity contribution in [2.45, 2.75) is 6.42 Å². The summed E-state index contributed by atoms with van der Waals surface area (Å²) in [6.07, 6.45) is 1.33. The fraction of sp³-hybridized carbons (Fsp3) is 0.667. The Morgan fingerprint density at radius 1 is 1.48 bits per heavy atom. The van der Waals surface area contributed by atoms with Crippen LogP contribution < -0.4 is 15.3 Å². The van der Waals surface area contributed by atoms with Gasteiger partial charge in [-0.3, -0.25) is 0 Å². The van der Waals surface area contributed by atoms with E-state index in [-0.39, 0.29) is 11.5 Å². The molecule has 2 heterocycles. The van der Waals surface area contributed by atoms with Crippen molar-refractivity contribution < 1.29 is 13.3 Å². The van der Waals surface area contributed by atoms with Crippen molar-refractivity contribution in [1.82, 2.24) is 19.9 Å². The van der Waals surface area contributed by atoms with E-state index in [1.54, 1.807) is 0 Å². The average Bonchev–Trinajstić information content (AvgIpc) is 2.78. The number of nitrogens with zero attached hydrogens (tertiary/aromatic N) is 4. The van der Waals surface area contributed by atoms with Gasteiger partial charge in [0.2, 0.25) is 6.33 Å². The Morgan fingerprint density at radius 3 is 2.71 bits per heavy atom. The van der Waals surface area contributed by atoms with Crippen LogP contribution in [0.15, 0.2) is 6.33 Å². The number of hydrogen-bond acceptors (Lipinski definition) is 7. The molecule has 0 aromatic carbocycles. The highest BCUT2D eigenvalue weighted by Crippen LogP contribution is 2.16. The van der Waals surface area contributed by atoms with Crippen molar-refractivity contribution in [3.05, 3.63) is 22.1 Å². The standard InChI is InChI=1S/C9H17N7O4S/c10-21(19,20)13-15-7-12-9(16(17)18)8(15)1-4-14-5-2-11-3-6-14/h7,11,13H,1-6H2,(H2,10,19,20). The molecule has 1 aliphatic rings. The van der Waals surface area contributed by atoms with E-state index in [9.17, 15) is 18.5 Å². The Hall–Kier alpha value is -1.76.